The topological polar surface area (TPSA) is 64.4 Å². The summed E-state index contributed by atoms with van der Waals surface area (Å²) in [5.74, 6) is 0.763. The molecule has 0 radical (unpaired) electrons. The van der Waals surface area contributed by atoms with Crippen LogP contribution in [0.1, 0.15) is 25.8 Å². The summed E-state index contributed by atoms with van der Waals surface area (Å²) in [4.78, 5) is 12.0. The highest BCUT2D eigenvalue weighted by atomic mass is 16.5. The van der Waals surface area contributed by atoms with Crippen LogP contribution in [0.3, 0.4) is 0 Å². The van der Waals surface area contributed by atoms with Crippen LogP contribution in [0.25, 0.3) is 0 Å². The molecule has 0 aromatic heterocycles. The number of amides is 1. The summed E-state index contributed by atoms with van der Waals surface area (Å²) in [6.45, 7) is 4.52. The Morgan fingerprint density at radius 1 is 1.13 bits per heavy atom. The van der Waals surface area contributed by atoms with Gasteiger partial charge in [-0.25, -0.2) is 0 Å². The number of anilines is 1. The van der Waals surface area contributed by atoms with Gasteiger partial charge in [0, 0.05) is 5.69 Å². The third-order valence-electron chi connectivity index (χ3n) is 3.93. The summed E-state index contributed by atoms with van der Waals surface area (Å²) in [6.07, 6.45) is 0.876. The summed E-state index contributed by atoms with van der Waals surface area (Å²) in [5.41, 5.74) is 7.76. The quantitative estimate of drug-likeness (QED) is 0.821. The van der Waals surface area contributed by atoms with Crippen LogP contribution in [-0.4, -0.2) is 11.9 Å². The molecule has 0 unspecified atom stereocenters. The fraction of sp³-hybridized carbons (Fsp3) is 0.316. The summed E-state index contributed by atoms with van der Waals surface area (Å²) in [7, 11) is 0. The van der Waals surface area contributed by atoms with Crippen molar-refractivity contribution in [2.24, 2.45) is 11.7 Å². The first-order valence-electron chi connectivity index (χ1n) is 7.93. The number of benzene rings is 2. The molecule has 4 heteroatoms. The van der Waals surface area contributed by atoms with Crippen LogP contribution >= 0.6 is 0 Å². The number of carbonyl (C=O) groups is 1. The van der Waals surface area contributed by atoms with Crippen LogP contribution in [0, 0.1) is 5.92 Å². The first-order valence-corrected chi connectivity index (χ1v) is 7.93. The van der Waals surface area contributed by atoms with Crippen LogP contribution < -0.4 is 15.8 Å². The first-order chi connectivity index (χ1) is 11.1. The van der Waals surface area contributed by atoms with Crippen molar-refractivity contribution in [1.82, 2.24) is 0 Å². The van der Waals surface area contributed by atoms with Crippen molar-refractivity contribution in [2.45, 2.75) is 32.9 Å². The number of hydrogen-bond donors (Lipinski definition) is 2. The van der Waals surface area contributed by atoms with E-state index in [0.29, 0.717) is 6.61 Å². The summed E-state index contributed by atoms with van der Waals surface area (Å²) in [6, 6.07) is 16.8. The third-order valence-corrected chi connectivity index (χ3v) is 3.93. The molecule has 0 spiro atoms. The molecule has 122 valence electrons. The number of hydrogen-bond acceptors (Lipinski definition) is 3. The lowest BCUT2D eigenvalue weighted by Gasteiger charge is -2.17. The maximum Gasteiger partial charge on any atom is 0.241 e. The zero-order chi connectivity index (χ0) is 16.7. The molecule has 0 saturated carbocycles. The zero-order valence-corrected chi connectivity index (χ0v) is 13.7. The number of nitrogens with two attached hydrogens (primary N) is 1. The van der Waals surface area contributed by atoms with Crippen LogP contribution in [0.15, 0.2) is 54.6 Å². The Kier molecular flexibility index (Phi) is 6.18. The molecule has 0 saturated heterocycles. The molecule has 0 fully saturated rings. The van der Waals surface area contributed by atoms with Gasteiger partial charge in [-0.05, 0) is 35.7 Å². The lowest BCUT2D eigenvalue weighted by atomic mass is 9.99. The van der Waals surface area contributed by atoms with Crippen LogP contribution in [0.5, 0.6) is 5.75 Å². The van der Waals surface area contributed by atoms with Gasteiger partial charge >= 0.3 is 0 Å². The monoisotopic (exact) mass is 312 g/mol. The number of carbonyl (C=O) groups excluding carboxylic acids is 1. The predicted molar refractivity (Wildman–Crippen MR) is 93.3 cm³/mol. The Labute approximate surface area is 137 Å². The van der Waals surface area contributed by atoms with Crippen molar-refractivity contribution >= 4 is 11.6 Å². The molecule has 0 aliphatic heterocycles. The highest BCUT2D eigenvalue weighted by Gasteiger charge is 2.19. The Bertz CT molecular complexity index is 611. The van der Waals surface area contributed by atoms with Crippen LogP contribution in [-0.2, 0) is 11.4 Å². The molecule has 0 heterocycles. The molecule has 2 rings (SSSR count). The van der Waals surface area contributed by atoms with Gasteiger partial charge in [0.2, 0.25) is 5.91 Å². The second kappa shape index (κ2) is 8.34. The summed E-state index contributed by atoms with van der Waals surface area (Å²) in [5, 5.41) is 2.84. The first kappa shape index (κ1) is 17.0. The van der Waals surface area contributed by atoms with Crippen molar-refractivity contribution in [1.29, 1.82) is 0 Å². The predicted octanol–water partition coefficient (Wildman–Crippen LogP) is 3.58. The third kappa shape index (κ3) is 5.11. The maximum absolute atomic E-state index is 12.0. The highest BCUT2D eigenvalue weighted by molar-refractivity contribution is 5.94. The molecule has 0 aliphatic rings. The molecule has 2 atom stereocenters. The Morgan fingerprint density at radius 2 is 1.78 bits per heavy atom. The molecule has 0 aliphatic carbocycles. The van der Waals surface area contributed by atoms with E-state index in [0.717, 1.165) is 23.4 Å². The van der Waals surface area contributed by atoms with Crippen molar-refractivity contribution in [3.8, 4) is 5.75 Å². The second-order valence-electron chi connectivity index (χ2n) is 5.70. The normalized spacial score (nSPS) is 13.2. The van der Waals surface area contributed by atoms with Gasteiger partial charge in [0.1, 0.15) is 12.4 Å². The van der Waals surface area contributed by atoms with E-state index in [9.17, 15) is 4.79 Å². The maximum atomic E-state index is 12.0. The standard InChI is InChI=1S/C19H24N2O2/c1-3-14(2)18(20)19(22)21-16-9-11-17(12-10-16)23-13-15-7-5-4-6-8-15/h4-12,14,18H,3,13,20H2,1-2H3,(H,21,22)/t14-,18-/m0/s1. The molecule has 4 nitrogen and oxygen atoms in total. The molecule has 0 bridgehead atoms. The van der Waals surface area contributed by atoms with E-state index < -0.39 is 6.04 Å². The van der Waals surface area contributed by atoms with E-state index in [1.807, 2.05) is 68.4 Å². The van der Waals surface area contributed by atoms with E-state index in [2.05, 4.69) is 5.32 Å². The van der Waals surface area contributed by atoms with Crippen molar-refractivity contribution < 1.29 is 9.53 Å². The molecule has 3 N–H and O–H groups in total. The SMILES string of the molecule is CC[C@H](C)[C@H](N)C(=O)Nc1ccc(OCc2ccccc2)cc1. The van der Waals surface area contributed by atoms with Crippen LogP contribution in [0.2, 0.25) is 0 Å². The van der Waals surface area contributed by atoms with Crippen molar-refractivity contribution in [3.05, 3.63) is 60.2 Å². The highest BCUT2D eigenvalue weighted by Crippen LogP contribution is 2.18. The van der Waals surface area contributed by atoms with Gasteiger partial charge in [-0.15, -0.1) is 0 Å². The van der Waals surface area contributed by atoms with E-state index in [4.69, 9.17) is 10.5 Å². The Balaban J connectivity index is 1.88. The lowest BCUT2D eigenvalue weighted by Crippen LogP contribution is -2.40. The summed E-state index contributed by atoms with van der Waals surface area (Å²) < 4.78 is 5.72. The molecule has 2 aromatic rings. The van der Waals surface area contributed by atoms with E-state index in [-0.39, 0.29) is 11.8 Å². The van der Waals surface area contributed by atoms with Gasteiger partial charge in [-0.1, -0.05) is 50.6 Å². The average Bonchev–Trinajstić information content (AvgIpc) is 2.60. The van der Waals surface area contributed by atoms with Crippen molar-refractivity contribution in [2.75, 3.05) is 5.32 Å². The minimum absolute atomic E-state index is 0.155. The molecule has 2 aromatic carbocycles. The average molecular weight is 312 g/mol. The largest absolute Gasteiger partial charge is 0.489 e. The Morgan fingerprint density at radius 3 is 2.39 bits per heavy atom. The van der Waals surface area contributed by atoms with Gasteiger partial charge in [0.25, 0.3) is 0 Å². The number of ether oxygens (including phenoxy) is 1. The lowest BCUT2D eigenvalue weighted by molar-refractivity contribution is -0.118. The van der Waals surface area contributed by atoms with E-state index in [1.165, 1.54) is 0 Å². The fourth-order valence-electron chi connectivity index (χ4n) is 2.11. The molecular weight excluding hydrogens is 288 g/mol. The molecule has 23 heavy (non-hydrogen) atoms. The Hall–Kier alpha value is -2.33. The van der Waals surface area contributed by atoms with Crippen LogP contribution in [0.4, 0.5) is 5.69 Å². The smallest absolute Gasteiger partial charge is 0.241 e. The van der Waals surface area contributed by atoms with Gasteiger partial charge in [0.15, 0.2) is 0 Å². The van der Waals surface area contributed by atoms with Gasteiger partial charge in [0.05, 0.1) is 6.04 Å². The van der Waals surface area contributed by atoms with Gasteiger partial charge < -0.3 is 15.8 Å². The van der Waals surface area contributed by atoms with Crippen molar-refractivity contribution in [3.63, 3.8) is 0 Å². The minimum atomic E-state index is -0.492. The minimum Gasteiger partial charge on any atom is -0.489 e. The molecule has 1 amide bonds. The van der Waals surface area contributed by atoms with E-state index in [1.54, 1.807) is 0 Å². The summed E-state index contributed by atoms with van der Waals surface area (Å²) >= 11 is 0. The van der Waals surface area contributed by atoms with E-state index >= 15 is 0 Å². The zero-order valence-electron chi connectivity index (χ0n) is 13.7. The number of rotatable bonds is 7. The molecular formula is C19H24N2O2. The van der Waals surface area contributed by atoms with Gasteiger partial charge in [-0.2, -0.15) is 0 Å². The second-order valence-corrected chi connectivity index (χ2v) is 5.70. The van der Waals surface area contributed by atoms with Gasteiger partial charge in [-0.3, -0.25) is 4.79 Å². The fourth-order valence-corrected chi connectivity index (χ4v) is 2.11. The number of nitrogens with one attached hydrogen (secondary N) is 1.